The van der Waals surface area contributed by atoms with Crippen molar-refractivity contribution in [2.24, 2.45) is 11.8 Å². The van der Waals surface area contributed by atoms with Crippen molar-refractivity contribution in [2.45, 2.75) is 38.5 Å². The van der Waals surface area contributed by atoms with E-state index < -0.39 is 0 Å². The van der Waals surface area contributed by atoms with Gasteiger partial charge in [0.05, 0.1) is 0 Å². The number of carbonyl (C=O) groups is 1. The molecule has 1 aliphatic carbocycles. The first kappa shape index (κ1) is 14.5. The Labute approximate surface area is 125 Å². The van der Waals surface area contributed by atoms with Crippen LogP contribution in [0.4, 0.5) is 0 Å². The molecule has 0 radical (unpaired) electrons. The minimum absolute atomic E-state index is 0.00794. The third kappa shape index (κ3) is 3.10. The first-order valence-electron chi connectivity index (χ1n) is 7.79. The molecule has 1 saturated heterocycles. The van der Waals surface area contributed by atoms with Crippen LogP contribution in [0.3, 0.4) is 0 Å². The van der Waals surface area contributed by atoms with E-state index in [-0.39, 0.29) is 17.1 Å². The van der Waals surface area contributed by atoms with E-state index in [1.807, 2.05) is 0 Å². The average molecular weight is 292 g/mol. The van der Waals surface area contributed by atoms with E-state index in [1.54, 1.807) is 0 Å². The fourth-order valence-electron chi connectivity index (χ4n) is 2.97. The van der Waals surface area contributed by atoms with E-state index in [0.29, 0.717) is 24.3 Å². The molecular weight excluding hydrogens is 268 g/mol. The van der Waals surface area contributed by atoms with Gasteiger partial charge in [-0.05, 0) is 44.7 Å². The van der Waals surface area contributed by atoms with E-state index in [4.69, 9.17) is 4.52 Å². The van der Waals surface area contributed by atoms with Gasteiger partial charge in [0.2, 0.25) is 5.89 Å². The van der Waals surface area contributed by atoms with E-state index in [0.717, 1.165) is 32.4 Å². The molecule has 6 nitrogen and oxygen atoms in total. The highest BCUT2D eigenvalue weighted by atomic mass is 16.5. The van der Waals surface area contributed by atoms with E-state index in [2.05, 4.69) is 41.3 Å². The van der Waals surface area contributed by atoms with Crippen molar-refractivity contribution >= 4 is 5.91 Å². The quantitative estimate of drug-likeness (QED) is 0.909. The molecule has 2 heterocycles. The first-order valence-corrected chi connectivity index (χ1v) is 7.79. The van der Waals surface area contributed by atoms with Crippen LogP contribution in [0.15, 0.2) is 4.52 Å². The SMILES string of the molecule is CC1CN(C)CCC1CNC(=O)c1noc(C2(C)CC2)n1. The van der Waals surface area contributed by atoms with Gasteiger partial charge in [-0.1, -0.05) is 19.0 Å². The second-order valence-corrected chi connectivity index (χ2v) is 6.98. The molecule has 0 bridgehead atoms. The van der Waals surface area contributed by atoms with E-state index >= 15 is 0 Å². The largest absolute Gasteiger partial charge is 0.349 e. The van der Waals surface area contributed by atoms with E-state index in [9.17, 15) is 4.79 Å². The number of hydrogen-bond donors (Lipinski definition) is 1. The molecule has 0 aromatic carbocycles. The summed E-state index contributed by atoms with van der Waals surface area (Å²) in [6.07, 6.45) is 3.24. The van der Waals surface area contributed by atoms with Crippen LogP contribution in [0.2, 0.25) is 0 Å². The van der Waals surface area contributed by atoms with Crippen molar-refractivity contribution in [1.82, 2.24) is 20.4 Å². The monoisotopic (exact) mass is 292 g/mol. The zero-order valence-electron chi connectivity index (χ0n) is 13.1. The number of nitrogens with one attached hydrogen (secondary N) is 1. The summed E-state index contributed by atoms with van der Waals surface area (Å²) in [4.78, 5) is 18.7. The number of amides is 1. The zero-order chi connectivity index (χ0) is 15.0. The number of carbonyl (C=O) groups excluding carboxylic acids is 1. The van der Waals surface area contributed by atoms with Crippen LogP contribution in [0.25, 0.3) is 0 Å². The summed E-state index contributed by atoms with van der Waals surface area (Å²) in [5.74, 6) is 1.66. The first-order chi connectivity index (χ1) is 9.98. The van der Waals surface area contributed by atoms with Gasteiger partial charge in [0.15, 0.2) is 0 Å². The van der Waals surface area contributed by atoms with Gasteiger partial charge in [-0.15, -0.1) is 0 Å². The number of nitrogens with zero attached hydrogens (tertiary/aromatic N) is 3. The Kier molecular flexibility index (Phi) is 3.73. The molecule has 21 heavy (non-hydrogen) atoms. The molecule has 3 rings (SSSR count). The van der Waals surface area contributed by atoms with Crippen molar-refractivity contribution in [3.8, 4) is 0 Å². The number of hydrogen-bond acceptors (Lipinski definition) is 5. The molecular formula is C15H24N4O2. The Hall–Kier alpha value is -1.43. The third-order valence-electron chi connectivity index (χ3n) is 4.96. The molecule has 2 aliphatic rings. The lowest BCUT2D eigenvalue weighted by Crippen LogP contribution is -2.42. The lowest BCUT2D eigenvalue weighted by molar-refractivity contribution is 0.0908. The maximum Gasteiger partial charge on any atom is 0.292 e. The van der Waals surface area contributed by atoms with Crippen molar-refractivity contribution < 1.29 is 9.32 Å². The van der Waals surface area contributed by atoms with Gasteiger partial charge in [0.25, 0.3) is 11.7 Å². The fourth-order valence-corrected chi connectivity index (χ4v) is 2.97. The van der Waals surface area contributed by atoms with Crippen LogP contribution >= 0.6 is 0 Å². The molecule has 1 aromatic rings. The maximum atomic E-state index is 12.1. The Morgan fingerprint density at radius 1 is 1.52 bits per heavy atom. The van der Waals surface area contributed by atoms with Crippen LogP contribution < -0.4 is 5.32 Å². The van der Waals surface area contributed by atoms with Gasteiger partial charge in [0, 0.05) is 18.5 Å². The second-order valence-electron chi connectivity index (χ2n) is 6.98. The molecule has 2 fully saturated rings. The van der Waals surface area contributed by atoms with Crippen molar-refractivity contribution in [3.63, 3.8) is 0 Å². The summed E-state index contributed by atoms with van der Waals surface area (Å²) >= 11 is 0. The summed E-state index contributed by atoms with van der Waals surface area (Å²) in [6.45, 7) is 7.20. The smallest absolute Gasteiger partial charge is 0.292 e. The van der Waals surface area contributed by atoms with Crippen molar-refractivity contribution in [2.75, 3.05) is 26.7 Å². The lowest BCUT2D eigenvalue weighted by atomic mass is 9.87. The Bertz CT molecular complexity index is 523. The average Bonchev–Trinajstić information content (AvgIpc) is 3.01. The second kappa shape index (κ2) is 5.40. The van der Waals surface area contributed by atoms with Crippen molar-refractivity contribution in [3.05, 3.63) is 11.7 Å². The van der Waals surface area contributed by atoms with Gasteiger partial charge in [-0.3, -0.25) is 4.79 Å². The van der Waals surface area contributed by atoms with E-state index in [1.165, 1.54) is 0 Å². The molecule has 1 amide bonds. The Balaban J connectivity index is 1.53. The van der Waals surface area contributed by atoms with Crippen LogP contribution in [0.1, 0.15) is 49.6 Å². The topological polar surface area (TPSA) is 71.3 Å². The van der Waals surface area contributed by atoms with Gasteiger partial charge in [-0.2, -0.15) is 4.98 Å². The summed E-state index contributed by atoms with van der Waals surface area (Å²) in [7, 11) is 2.14. The molecule has 2 atom stereocenters. The molecule has 2 unspecified atom stereocenters. The summed E-state index contributed by atoms with van der Waals surface area (Å²) in [5, 5.41) is 6.77. The minimum atomic E-state index is -0.222. The molecule has 1 saturated carbocycles. The number of piperidine rings is 1. The number of aromatic nitrogens is 2. The molecule has 1 aliphatic heterocycles. The standard InChI is InChI=1S/C15H24N4O2/c1-10-9-19(3)7-4-11(10)8-16-13(20)12-17-14(21-18-12)15(2)5-6-15/h10-11H,4-9H2,1-3H3,(H,16,20). The van der Waals surface area contributed by atoms with Crippen LogP contribution in [0.5, 0.6) is 0 Å². The van der Waals surface area contributed by atoms with Gasteiger partial charge in [-0.25, -0.2) is 0 Å². The van der Waals surface area contributed by atoms with Gasteiger partial charge in [0.1, 0.15) is 0 Å². The lowest BCUT2D eigenvalue weighted by Gasteiger charge is -2.34. The van der Waals surface area contributed by atoms with Crippen LogP contribution in [-0.2, 0) is 5.41 Å². The Morgan fingerprint density at radius 3 is 2.95 bits per heavy atom. The predicted molar refractivity (Wildman–Crippen MR) is 78.0 cm³/mol. The van der Waals surface area contributed by atoms with Gasteiger partial charge >= 0.3 is 0 Å². The highest BCUT2D eigenvalue weighted by molar-refractivity contribution is 5.90. The number of likely N-dealkylation sites (tertiary alicyclic amines) is 1. The highest BCUT2D eigenvalue weighted by Gasteiger charge is 2.44. The Morgan fingerprint density at radius 2 is 2.29 bits per heavy atom. The third-order valence-corrected chi connectivity index (χ3v) is 4.96. The number of rotatable bonds is 4. The highest BCUT2D eigenvalue weighted by Crippen LogP contribution is 2.46. The molecule has 116 valence electrons. The van der Waals surface area contributed by atoms with Gasteiger partial charge < -0.3 is 14.7 Å². The predicted octanol–water partition coefficient (Wildman–Crippen LogP) is 1.44. The maximum absolute atomic E-state index is 12.1. The zero-order valence-corrected chi connectivity index (χ0v) is 13.1. The minimum Gasteiger partial charge on any atom is -0.349 e. The molecule has 6 heteroatoms. The van der Waals surface area contributed by atoms with Crippen molar-refractivity contribution in [1.29, 1.82) is 0 Å². The summed E-state index contributed by atoms with van der Waals surface area (Å²) < 4.78 is 5.21. The van der Waals surface area contributed by atoms with Crippen LogP contribution in [-0.4, -0.2) is 47.6 Å². The van der Waals surface area contributed by atoms with Crippen LogP contribution in [0, 0.1) is 11.8 Å². The molecule has 0 spiro atoms. The summed E-state index contributed by atoms with van der Waals surface area (Å²) in [6, 6.07) is 0. The normalized spacial score (nSPS) is 28.3. The fraction of sp³-hybridized carbons (Fsp3) is 0.800. The molecule has 1 aromatic heterocycles. The summed E-state index contributed by atoms with van der Waals surface area (Å²) in [5.41, 5.74) is 0.00794. The molecule has 1 N–H and O–H groups in total.